The molecule has 7 heteroatoms. The summed E-state index contributed by atoms with van der Waals surface area (Å²) in [6, 6.07) is -1.64. The number of amides is 3. The number of carbonyl (C=O) groups is 3. The van der Waals surface area contributed by atoms with Crippen molar-refractivity contribution in [2.75, 3.05) is 7.05 Å². The van der Waals surface area contributed by atoms with Gasteiger partial charge in [-0.1, -0.05) is 19.8 Å². The fraction of sp³-hybridized carbons (Fsp3) is 0.769. The standard InChI is InChI=1S/C13H23N3O4/c1-8-4-3-5-9(6-8)16(2)13(20)15-10(12(18)19)7-11(14)17/h8-10H,3-7H2,1-2H3,(H2,14,17)(H,15,20)(H,18,19)/t8?,9?,10-/m1/s1. The van der Waals surface area contributed by atoms with Crippen LogP contribution in [-0.2, 0) is 9.59 Å². The summed E-state index contributed by atoms with van der Waals surface area (Å²) < 4.78 is 0. The van der Waals surface area contributed by atoms with Crippen molar-refractivity contribution in [1.82, 2.24) is 10.2 Å². The molecule has 0 aromatic rings. The predicted octanol–water partition coefficient (Wildman–Crippen LogP) is 0.535. The number of carbonyl (C=O) groups excluding carboxylic acids is 2. The average Bonchev–Trinajstić information content (AvgIpc) is 2.36. The fourth-order valence-corrected chi connectivity index (χ4v) is 2.57. The maximum absolute atomic E-state index is 12.0. The Morgan fingerprint density at radius 2 is 2.05 bits per heavy atom. The monoisotopic (exact) mass is 285 g/mol. The molecular weight excluding hydrogens is 262 g/mol. The molecule has 1 fully saturated rings. The normalized spacial score (nSPS) is 23.7. The van der Waals surface area contributed by atoms with Crippen molar-refractivity contribution in [1.29, 1.82) is 0 Å². The van der Waals surface area contributed by atoms with E-state index in [2.05, 4.69) is 12.2 Å². The van der Waals surface area contributed by atoms with Crippen LogP contribution in [0.2, 0.25) is 0 Å². The fourth-order valence-electron chi connectivity index (χ4n) is 2.57. The third-order valence-electron chi connectivity index (χ3n) is 3.78. The summed E-state index contributed by atoms with van der Waals surface area (Å²) in [6.07, 6.45) is 3.65. The van der Waals surface area contributed by atoms with Gasteiger partial charge in [-0.05, 0) is 18.8 Å². The highest BCUT2D eigenvalue weighted by atomic mass is 16.4. The number of nitrogens with one attached hydrogen (secondary N) is 1. The van der Waals surface area contributed by atoms with Crippen molar-refractivity contribution in [3.8, 4) is 0 Å². The molecule has 0 saturated heterocycles. The molecule has 0 radical (unpaired) electrons. The molecule has 0 aliphatic heterocycles. The highest BCUT2D eigenvalue weighted by molar-refractivity contribution is 5.87. The molecule has 7 nitrogen and oxygen atoms in total. The minimum absolute atomic E-state index is 0.113. The van der Waals surface area contributed by atoms with Crippen LogP contribution < -0.4 is 11.1 Å². The first-order valence-corrected chi connectivity index (χ1v) is 6.85. The Morgan fingerprint density at radius 3 is 2.55 bits per heavy atom. The lowest BCUT2D eigenvalue weighted by molar-refractivity contribution is -0.141. The Hall–Kier alpha value is -1.79. The van der Waals surface area contributed by atoms with Crippen molar-refractivity contribution >= 4 is 17.9 Å². The number of carboxylic acids is 1. The van der Waals surface area contributed by atoms with E-state index in [1.54, 1.807) is 7.05 Å². The number of urea groups is 1. The summed E-state index contributed by atoms with van der Waals surface area (Å²) in [4.78, 5) is 35.4. The molecule has 4 N–H and O–H groups in total. The SMILES string of the molecule is CC1CCCC(N(C)C(=O)N[C@H](CC(N)=O)C(=O)O)C1. The molecule has 114 valence electrons. The van der Waals surface area contributed by atoms with Gasteiger partial charge in [0.2, 0.25) is 5.91 Å². The van der Waals surface area contributed by atoms with Crippen LogP contribution in [0.25, 0.3) is 0 Å². The lowest BCUT2D eigenvalue weighted by Gasteiger charge is -2.34. The number of nitrogens with zero attached hydrogens (tertiary/aromatic N) is 1. The molecule has 0 heterocycles. The van der Waals surface area contributed by atoms with Crippen LogP contribution in [0.1, 0.15) is 39.0 Å². The van der Waals surface area contributed by atoms with E-state index in [-0.39, 0.29) is 6.04 Å². The van der Waals surface area contributed by atoms with Gasteiger partial charge in [-0.15, -0.1) is 0 Å². The summed E-state index contributed by atoms with van der Waals surface area (Å²) in [5, 5.41) is 11.3. The third-order valence-corrected chi connectivity index (χ3v) is 3.78. The predicted molar refractivity (Wildman–Crippen MR) is 72.9 cm³/mol. The number of hydrogen-bond donors (Lipinski definition) is 3. The van der Waals surface area contributed by atoms with Gasteiger partial charge in [0.15, 0.2) is 0 Å². The van der Waals surface area contributed by atoms with Gasteiger partial charge >= 0.3 is 12.0 Å². The van der Waals surface area contributed by atoms with Gasteiger partial charge in [-0.2, -0.15) is 0 Å². The van der Waals surface area contributed by atoms with Crippen molar-refractivity contribution in [2.24, 2.45) is 11.7 Å². The Kier molecular flexibility index (Phi) is 5.79. The average molecular weight is 285 g/mol. The van der Waals surface area contributed by atoms with Gasteiger partial charge in [0, 0.05) is 13.1 Å². The van der Waals surface area contributed by atoms with Gasteiger partial charge in [0.05, 0.1) is 6.42 Å². The van der Waals surface area contributed by atoms with Crippen LogP contribution >= 0.6 is 0 Å². The van der Waals surface area contributed by atoms with E-state index in [4.69, 9.17) is 10.8 Å². The van der Waals surface area contributed by atoms with E-state index < -0.39 is 30.4 Å². The maximum Gasteiger partial charge on any atom is 0.326 e. The molecular formula is C13H23N3O4. The van der Waals surface area contributed by atoms with Crippen LogP contribution in [0.5, 0.6) is 0 Å². The smallest absolute Gasteiger partial charge is 0.326 e. The van der Waals surface area contributed by atoms with E-state index in [1.807, 2.05) is 0 Å². The minimum atomic E-state index is -1.27. The number of hydrogen-bond acceptors (Lipinski definition) is 3. The highest BCUT2D eigenvalue weighted by Crippen LogP contribution is 2.26. The molecule has 1 saturated carbocycles. The molecule has 20 heavy (non-hydrogen) atoms. The first-order valence-electron chi connectivity index (χ1n) is 6.85. The highest BCUT2D eigenvalue weighted by Gasteiger charge is 2.28. The Labute approximate surface area is 118 Å². The lowest BCUT2D eigenvalue weighted by Crippen LogP contribution is -2.51. The quantitative estimate of drug-likeness (QED) is 0.684. The first kappa shape index (κ1) is 16.3. The van der Waals surface area contributed by atoms with Crippen molar-refractivity contribution in [2.45, 2.75) is 51.1 Å². The summed E-state index contributed by atoms with van der Waals surface area (Å²) >= 11 is 0. The zero-order valence-electron chi connectivity index (χ0n) is 12.0. The van der Waals surface area contributed by atoms with E-state index in [0.29, 0.717) is 5.92 Å². The molecule has 1 rings (SSSR count). The van der Waals surface area contributed by atoms with Crippen molar-refractivity contribution in [3.63, 3.8) is 0 Å². The zero-order valence-corrected chi connectivity index (χ0v) is 12.0. The molecule has 1 aliphatic rings. The van der Waals surface area contributed by atoms with Crippen molar-refractivity contribution < 1.29 is 19.5 Å². The maximum atomic E-state index is 12.0. The van der Waals surface area contributed by atoms with Crippen LogP contribution in [0.3, 0.4) is 0 Å². The molecule has 0 aromatic heterocycles. The second kappa shape index (κ2) is 7.12. The molecule has 1 aliphatic carbocycles. The van der Waals surface area contributed by atoms with Gasteiger partial charge in [0.25, 0.3) is 0 Å². The number of nitrogens with two attached hydrogens (primary N) is 1. The third kappa shape index (κ3) is 4.71. The van der Waals surface area contributed by atoms with E-state index in [9.17, 15) is 14.4 Å². The van der Waals surface area contributed by atoms with Crippen molar-refractivity contribution in [3.05, 3.63) is 0 Å². The molecule has 3 atom stereocenters. The molecule has 3 amide bonds. The number of carboxylic acid groups (broad SMARTS) is 1. The Balaban J connectivity index is 2.58. The second-order valence-electron chi connectivity index (χ2n) is 5.55. The Morgan fingerprint density at radius 1 is 1.40 bits per heavy atom. The van der Waals surface area contributed by atoms with Crippen LogP contribution in [-0.4, -0.2) is 47.0 Å². The molecule has 0 bridgehead atoms. The summed E-state index contributed by atoms with van der Waals surface area (Å²) in [5.41, 5.74) is 4.98. The van der Waals surface area contributed by atoms with Gasteiger partial charge in [-0.3, -0.25) is 4.79 Å². The van der Waals surface area contributed by atoms with Crippen LogP contribution in [0, 0.1) is 5.92 Å². The summed E-state index contributed by atoms with van der Waals surface area (Å²) in [6.45, 7) is 2.14. The Bertz CT molecular complexity index is 386. The molecule has 2 unspecified atom stereocenters. The van der Waals surface area contributed by atoms with Gasteiger partial charge < -0.3 is 21.1 Å². The number of rotatable bonds is 5. The molecule has 0 spiro atoms. The van der Waals surface area contributed by atoms with E-state index in [1.165, 1.54) is 4.90 Å². The van der Waals surface area contributed by atoms with Crippen LogP contribution in [0.15, 0.2) is 0 Å². The lowest BCUT2D eigenvalue weighted by atomic mass is 9.86. The topological polar surface area (TPSA) is 113 Å². The number of primary amides is 1. The summed E-state index contributed by atoms with van der Waals surface area (Å²) in [7, 11) is 1.65. The van der Waals surface area contributed by atoms with E-state index in [0.717, 1.165) is 25.7 Å². The van der Waals surface area contributed by atoms with Gasteiger partial charge in [0.1, 0.15) is 6.04 Å². The first-order chi connectivity index (χ1) is 9.31. The van der Waals surface area contributed by atoms with Crippen LogP contribution in [0.4, 0.5) is 4.79 Å². The second-order valence-corrected chi connectivity index (χ2v) is 5.55. The minimum Gasteiger partial charge on any atom is -0.480 e. The van der Waals surface area contributed by atoms with Gasteiger partial charge in [-0.25, -0.2) is 9.59 Å². The summed E-state index contributed by atoms with van der Waals surface area (Å²) in [5.74, 6) is -1.46. The largest absolute Gasteiger partial charge is 0.480 e. The zero-order chi connectivity index (χ0) is 15.3. The van der Waals surface area contributed by atoms with E-state index >= 15 is 0 Å². The number of aliphatic carboxylic acids is 1. The molecule has 0 aromatic carbocycles.